The van der Waals surface area contributed by atoms with Crippen molar-refractivity contribution in [2.75, 3.05) is 63.9 Å². The molecule has 0 bridgehead atoms. The van der Waals surface area contributed by atoms with Crippen LogP contribution in [0.4, 0.5) is 5.69 Å². The van der Waals surface area contributed by atoms with Crippen LogP contribution in [0.2, 0.25) is 5.02 Å². The van der Waals surface area contributed by atoms with E-state index >= 15 is 0 Å². The Morgan fingerprint density at radius 2 is 2.11 bits per heavy atom. The molecule has 0 amide bonds. The van der Waals surface area contributed by atoms with E-state index in [0.29, 0.717) is 11.9 Å². The second-order valence-electron chi connectivity index (χ2n) is 7.49. The maximum atomic E-state index is 6.16. The van der Waals surface area contributed by atoms with E-state index in [9.17, 15) is 0 Å². The van der Waals surface area contributed by atoms with Gasteiger partial charge in [0.1, 0.15) is 0 Å². The van der Waals surface area contributed by atoms with Gasteiger partial charge in [-0.2, -0.15) is 0 Å². The molecule has 3 N–H and O–H groups in total. The van der Waals surface area contributed by atoms with Crippen molar-refractivity contribution in [1.29, 1.82) is 0 Å². The van der Waals surface area contributed by atoms with Crippen molar-refractivity contribution in [3.63, 3.8) is 0 Å². The highest BCUT2D eigenvalue weighted by Gasteiger charge is 2.23. The number of ether oxygens (including phenoxy) is 1. The molecule has 0 aromatic heterocycles. The van der Waals surface area contributed by atoms with Crippen molar-refractivity contribution < 1.29 is 4.74 Å². The van der Waals surface area contributed by atoms with E-state index in [-0.39, 0.29) is 24.0 Å². The fraction of sp³-hybridized carbons (Fsp3) is 0.650. The van der Waals surface area contributed by atoms with E-state index in [1.54, 1.807) is 0 Å². The number of nitrogens with two attached hydrogens (primary N) is 1. The molecule has 2 fully saturated rings. The van der Waals surface area contributed by atoms with Gasteiger partial charge in [0.15, 0.2) is 5.96 Å². The van der Waals surface area contributed by atoms with Crippen LogP contribution >= 0.6 is 35.6 Å². The number of hydrogen-bond donors (Lipinski definition) is 2. The third kappa shape index (κ3) is 7.24. The maximum Gasteiger partial charge on any atom is 0.188 e. The Morgan fingerprint density at radius 1 is 1.32 bits per heavy atom. The van der Waals surface area contributed by atoms with Crippen LogP contribution in [0.1, 0.15) is 18.4 Å². The lowest BCUT2D eigenvalue weighted by atomic mass is 10.1. The molecule has 3 rings (SSSR count). The van der Waals surface area contributed by atoms with Gasteiger partial charge in [-0.3, -0.25) is 9.89 Å². The minimum absolute atomic E-state index is 0. The number of nitrogens with one attached hydrogen (secondary N) is 1. The fourth-order valence-corrected chi connectivity index (χ4v) is 3.92. The molecule has 1 aromatic rings. The summed E-state index contributed by atoms with van der Waals surface area (Å²) in [6.45, 7) is 10.7. The first-order chi connectivity index (χ1) is 13.1. The van der Waals surface area contributed by atoms with Gasteiger partial charge in [0.05, 0.1) is 13.2 Å². The summed E-state index contributed by atoms with van der Waals surface area (Å²) in [7, 11) is 0. The van der Waals surface area contributed by atoms with Crippen molar-refractivity contribution in [2.24, 2.45) is 16.6 Å². The van der Waals surface area contributed by atoms with Gasteiger partial charge in [-0.15, -0.1) is 24.0 Å². The zero-order valence-corrected chi connectivity index (χ0v) is 19.8. The highest BCUT2D eigenvalue weighted by Crippen LogP contribution is 2.29. The molecule has 6 nitrogen and oxygen atoms in total. The number of hydrogen-bond acceptors (Lipinski definition) is 4. The molecule has 28 heavy (non-hydrogen) atoms. The molecular formula is C20H33ClIN5O. The van der Waals surface area contributed by atoms with Crippen LogP contribution in [0.5, 0.6) is 0 Å². The molecule has 1 unspecified atom stereocenters. The molecule has 2 heterocycles. The maximum absolute atomic E-state index is 6.16. The quantitative estimate of drug-likeness (QED) is 0.250. The fourth-order valence-electron chi connectivity index (χ4n) is 3.75. The van der Waals surface area contributed by atoms with Gasteiger partial charge in [-0.05, 0) is 49.9 Å². The van der Waals surface area contributed by atoms with E-state index < -0.39 is 0 Å². The molecule has 0 aliphatic carbocycles. The van der Waals surface area contributed by atoms with Gasteiger partial charge in [0.25, 0.3) is 0 Å². The lowest BCUT2D eigenvalue weighted by Crippen LogP contribution is -2.39. The predicted molar refractivity (Wildman–Crippen MR) is 128 cm³/mol. The minimum Gasteiger partial charge on any atom is -0.379 e. The number of aliphatic imine (C=N–C) groups is 1. The van der Waals surface area contributed by atoms with E-state index in [1.807, 2.05) is 6.07 Å². The van der Waals surface area contributed by atoms with Crippen LogP contribution in [-0.4, -0.2) is 69.9 Å². The number of anilines is 1. The molecule has 2 aliphatic rings. The third-order valence-electron chi connectivity index (χ3n) is 5.38. The molecule has 0 saturated carbocycles. The van der Waals surface area contributed by atoms with Crippen molar-refractivity contribution in [3.05, 3.63) is 28.8 Å². The summed E-state index contributed by atoms with van der Waals surface area (Å²) in [6, 6.07) is 6.10. The number of morpholine rings is 1. The zero-order chi connectivity index (χ0) is 19.1. The zero-order valence-electron chi connectivity index (χ0n) is 16.7. The van der Waals surface area contributed by atoms with Crippen molar-refractivity contribution in [3.8, 4) is 0 Å². The molecular weight excluding hydrogens is 489 g/mol. The van der Waals surface area contributed by atoms with Crippen LogP contribution in [0.15, 0.2) is 23.2 Å². The summed E-state index contributed by atoms with van der Waals surface area (Å²) in [5.74, 6) is 1.10. The summed E-state index contributed by atoms with van der Waals surface area (Å²) >= 11 is 6.16. The molecule has 1 atom stereocenters. The number of rotatable bonds is 7. The first kappa shape index (κ1) is 23.5. The summed E-state index contributed by atoms with van der Waals surface area (Å²) in [6.07, 6.45) is 2.21. The van der Waals surface area contributed by atoms with Gasteiger partial charge < -0.3 is 20.7 Å². The Morgan fingerprint density at radius 3 is 2.89 bits per heavy atom. The predicted octanol–water partition coefficient (Wildman–Crippen LogP) is 2.72. The van der Waals surface area contributed by atoms with Gasteiger partial charge in [0.2, 0.25) is 0 Å². The number of aryl methyl sites for hydroxylation is 1. The summed E-state index contributed by atoms with van der Waals surface area (Å²) in [5.41, 5.74) is 8.54. The summed E-state index contributed by atoms with van der Waals surface area (Å²) < 4.78 is 5.37. The third-order valence-corrected chi connectivity index (χ3v) is 5.61. The number of nitrogens with zero attached hydrogens (tertiary/aromatic N) is 3. The Labute approximate surface area is 190 Å². The van der Waals surface area contributed by atoms with E-state index in [0.717, 1.165) is 76.9 Å². The molecule has 0 spiro atoms. The topological polar surface area (TPSA) is 66.1 Å². The van der Waals surface area contributed by atoms with Crippen LogP contribution in [0.25, 0.3) is 0 Å². The molecule has 2 aliphatic heterocycles. The lowest BCUT2D eigenvalue weighted by molar-refractivity contribution is 0.0376. The smallest absolute Gasteiger partial charge is 0.188 e. The normalized spacial score (nSPS) is 20.9. The molecule has 158 valence electrons. The Kier molecular flexibility index (Phi) is 10.1. The first-order valence-electron chi connectivity index (χ1n) is 9.97. The molecule has 0 radical (unpaired) electrons. The Balaban J connectivity index is 0.00000280. The first-order valence-corrected chi connectivity index (χ1v) is 10.3. The lowest BCUT2D eigenvalue weighted by Gasteiger charge is -2.26. The SMILES string of the molecule is Cc1ccc(Cl)cc1N1CCC(CN=C(N)NCCCN2CCOCC2)C1.I. The highest BCUT2D eigenvalue weighted by molar-refractivity contribution is 14.0. The monoisotopic (exact) mass is 521 g/mol. The van der Waals surface area contributed by atoms with Crippen LogP contribution in [0.3, 0.4) is 0 Å². The van der Waals surface area contributed by atoms with Crippen LogP contribution in [0, 0.1) is 12.8 Å². The van der Waals surface area contributed by atoms with Crippen molar-refractivity contribution in [2.45, 2.75) is 19.8 Å². The number of benzene rings is 1. The van der Waals surface area contributed by atoms with Gasteiger partial charge in [-0.1, -0.05) is 17.7 Å². The van der Waals surface area contributed by atoms with Gasteiger partial charge >= 0.3 is 0 Å². The van der Waals surface area contributed by atoms with Crippen molar-refractivity contribution in [1.82, 2.24) is 10.2 Å². The summed E-state index contributed by atoms with van der Waals surface area (Å²) in [5, 5.41) is 4.04. The number of guanidine groups is 1. The second-order valence-corrected chi connectivity index (χ2v) is 7.93. The Bertz CT molecular complexity index is 639. The second kappa shape index (κ2) is 12.0. The van der Waals surface area contributed by atoms with Gasteiger partial charge in [-0.25, -0.2) is 0 Å². The van der Waals surface area contributed by atoms with Crippen molar-refractivity contribution >= 4 is 47.2 Å². The summed E-state index contributed by atoms with van der Waals surface area (Å²) in [4.78, 5) is 9.40. The average Bonchev–Trinajstić information content (AvgIpc) is 3.15. The Hall–Kier alpha value is -0.770. The van der Waals surface area contributed by atoms with E-state index in [2.05, 4.69) is 39.2 Å². The highest BCUT2D eigenvalue weighted by atomic mass is 127. The van der Waals surface area contributed by atoms with Crippen LogP contribution < -0.4 is 16.0 Å². The largest absolute Gasteiger partial charge is 0.379 e. The number of halogens is 2. The van der Waals surface area contributed by atoms with Gasteiger partial charge in [0, 0.05) is 50.0 Å². The van der Waals surface area contributed by atoms with E-state index in [1.165, 1.54) is 11.3 Å². The standard InChI is InChI=1S/C20H32ClN5O.HI/c1-16-3-4-18(21)13-19(16)26-8-5-17(15-26)14-24-20(22)23-6-2-7-25-9-11-27-12-10-25;/h3-4,13,17H,2,5-12,14-15H2,1H3,(H3,22,23,24);1H. The molecule has 2 saturated heterocycles. The average molecular weight is 522 g/mol. The molecule has 1 aromatic carbocycles. The molecule has 8 heteroatoms. The van der Waals surface area contributed by atoms with E-state index in [4.69, 9.17) is 22.1 Å². The minimum atomic E-state index is 0. The van der Waals surface area contributed by atoms with Crippen LogP contribution in [-0.2, 0) is 4.74 Å².